The van der Waals surface area contributed by atoms with Gasteiger partial charge in [0.15, 0.2) is 0 Å². The molecule has 4 unspecified atom stereocenters. The molecule has 0 amide bonds. The number of rotatable bonds is 5. The summed E-state index contributed by atoms with van der Waals surface area (Å²) >= 11 is 0. The molecule has 0 aliphatic carbocycles. The Morgan fingerprint density at radius 1 is 1.10 bits per heavy atom. The fourth-order valence-corrected chi connectivity index (χ4v) is 2.91. The predicted molar refractivity (Wildman–Crippen MR) is 85.8 cm³/mol. The van der Waals surface area contributed by atoms with E-state index in [1.165, 1.54) is 0 Å². The van der Waals surface area contributed by atoms with Gasteiger partial charge in [-0.05, 0) is 30.6 Å². The molecule has 0 aromatic heterocycles. The summed E-state index contributed by atoms with van der Waals surface area (Å²) in [5.74, 6) is 2.68. The van der Waals surface area contributed by atoms with Crippen LogP contribution in [0.15, 0.2) is 12.2 Å². The van der Waals surface area contributed by atoms with Crippen LogP contribution >= 0.6 is 0 Å². The zero-order valence-electron chi connectivity index (χ0n) is 14.4. The van der Waals surface area contributed by atoms with Crippen LogP contribution in [-0.4, -0.2) is 12.2 Å². The summed E-state index contributed by atoms with van der Waals surface area (Å²) in [6.07, 6.45) is 9.87. The van der Waals surface area contributed by atoms with Crippen molar-refractivity contribution in [2.45, 2.75) is 66.6 Å². The molecular formula is C18H34OW. The summed E-state index contributed by atoms with van der Waals surface area (Å²) < 4.78 is 6.28. The van der Waals surface area contributed by atoms with Gasteiger partial charge in [0.1, 0.15) is 0 Å². The molecule has 1 fully saturated rings. The van der Waals surface area contributed by atoms with Crippen LogP contribution in [0.5, 0.6) is 0 Å². The van der Waals surface area contributed by atoms with Gasteiger partial charge in [0, 0.05) is 0 Å². The first-order chi connectivity index (χ1) is 8.51. The minimum atomic E-state index is 0. The van der Waals surface area contributed by atoms with Gasteiger partial charge in [0.25, 0.3) is 0 Å². The molecule has 0 radical (unpaired) electrons. The van der Waals surface area contributed by atoms with Crippen LogP contribution in [0.3, 0.4) is 0 Å². The van der Waals surface area contributed by atoms with Crippen molar-refractivity contribution in [1.29, 1.82) is 0 Å². The van der Waals surface area contributed by atoms with Crippen LogP contribution in [0, 0.1) is 37.5 Å². The maximum absolute atomic E-state index is 6.28. The second-order valence-electron chi connectivity index (χ2n) is 6.05. The van der Waals surface area contributed by atoms with Crippen LogP contribution in [0.4, 0.5) is 0 Å². The fraction of sp³-hybridized carbons (Fsp3) is 0.778. The molecule has 1 aliphatic heterocycles. The summed E-state index contributed by atoms with van der Waals surface area (Å²) in [7, 11) is 0. The summed E-state index contributed by atoms with van der Waals surface area (Å²) in [6, 6.07) is 0. The molecule has 2 heteroatoms. The third-order valence-corrected chi connectivity index (χ3v) is 4.92. The summed E-state index contributed by atoms with van der Waals surface area (Å²) in [6.45, 7) is 13.7. The summed E-state index contributed by atoms with van der Waals surface area (Å²) in [4.78, 5) is 0. The quantitative estimate of drug-likeness (QED) is 0.407. The van der Waals surface area contributed by atoms with Crippen molar-refractivity contribution in [3.63, 3.8) is 0 Å². The molecule has 0 N–H and O–H groups in total. The largest absolute Gasteiger partial charge is 2.00 e. The molecule has 1 rings (SSSR count). The Bertz CT molecular complexity index is 262. The molecule has 6 atom stereocenters. The Hall–Kier alpha value is 0.388. The normalized spacial score (nSPS) is 35.2. The van der Waals surface area contributed by atoms with Gasteiger partial charge in [-0.25, -0.2) is 0 Å². The van der Waals surface area contributed by atoms with Crippen molar-refractivity contribution >= 4 is 0 Å². The van der Waals surface area contributed by atoms with Crippen LogP contribution < -0.4 is 0 Å². The van der Waals surface area contributed by atoms with E-state index in [0.29, 0.717) is 30.0 Å². The topological polar surface area (TPSA) is 9.23 Å². The first-order valence-corrected chi connectivity index (χ1v) is 7.62. The standard InChI is InChI=1S/C17H31O.CH3.W/c1-7-12(3)10-9-11-17-15(6)13(4)14(5)16(8-2)18-17;;/h7,9-10,12-17H,8,11H2,1-6H3;1H3;/q2*-1;+2/b10-9+;;/t12?,13?,14-,15?,16?,17+;;/m1../s1. The van der Waals surface area contributed by atoms with Gasteiger partial charge < -0.3 is 18.6 Å². The van der Waals surface area contributed by atoms with E-state index in [-0.39, 0.29) is 28.5 Å². The Kier molecular flexibility index (Phi) is 12.5. The molecule has 20 heavy (non-hydrogen) atoms. The molecule has 118 valence electrons. The van der Waals surface area contributed by atoms with Crippen molar-refractivity contribution in [3.05, 3.63) is 26.0 Å². The molecule has 0 aromatic rings. The third kappa shape index (κ3) is 6.02. The summed E-state index contributed by atoms with van der Waals surface area (Å²) in [5.41, 5.74) is 0. The fourth-order valence-electron chi connectivity index (χ4n) is 2.91. The Labute approximate surface area is 142 Å². The van der Waals surface area contributed by atoms with Gasteiger partial charge in [0.2, 0.25) is 0 Å². The van der Waals surface area contributed by atoms with Gasteiger partial charge >= 0.3 is 21.1 Å². The van der Waals surface area contributed by atoms with Crippen molar-refractivity contribution in [2.24, 2.45) is 23.7 Å². The van der Waals surface area contributed by atoms with Gasteiger partial charge in [-0.3, -0.25) is 0 Å². The van der Waals surface area contributed by atoms with E-state index in [0.717, 1.165) is 18.8 Å². The Balaban J connectivity index is 0. The van der Waals surface area contributed by atoms with Gasteiger partial charge in [0.05, 0.1) is 12.2 Å². The van der Waals surface area contributed by atoms with Crippen LogP contribution in [0.25, 0.3) is 0 Å². The van der Waals surface area contributed by atoms with Gasteiger partial charge in [-0.1, -0.05) is 40.7 Å². The minimum Gasteiger partial charge on any atom is -0.374 e. The molecule has 1 heterocycles. The van der Waals surface area contributed by atoms with E-state index in [1.807, 2.05) is 0 Å². The van der Waals surface area contributed by atoms with Crippen molar-refractivity contribution in [2.75, 3.05) is 0 Å². The molecule has 1 aliphatic rings. The monoisotopic (exact) mass is 450 g/mol. The van der Waals surface area contributed by atoms with E-state index in [4.69, 9.17) is 4.74 Å². The molecule has 0 aromatic carbocycles. The SMILES string of the molecule is C[CH-]C(C)/C=C/C[C@@H]1OC(CC)[C@H](C)C(C)C1C.[CH3-].[W+2]. The Morgan fingerprint density at radius 2 is 1.65 bits per heavy atom. The van der Waals surface area contributed by atoms with E-state index in [2.05, 4.69) is 60.1 Å². The maximum atomic E-state index is 6.28. The Morgan fingerprint density at radius 3 is 2.15 bits per heavy atom. The molecular weight excluding hydrogens is 416 g/mol. The number of hydrogen-bond acceptors (Lipinski definition) is 1. The second-order valence-corrected chi connectivity index (χ2v) is 6.05. The number of hydrogen-bond donors (Lipinski definition) is 0. The first kappa shape index (κ1) is 22.7. The van der Waals surface area contributed by atoms with Crippen molar-refractivity contribution in [3.8, 4) is 0 Å². The molecule has 0 saturated carbocycles. The third-order valence-electron chi connectivity index (χ3n) is 4.92. The van der Waals surface area contributed by atoms with Crippen LogP contribution in [-0.2, 0) is 25.8 Å². The number of ether oxygens (including phenoxy) is 1. The molecule has 0 bridgehead atoms. The van der Waals surface area contributed by atoms with Gasteiger partial charge in [-0.2, -0.15) is 12.8 Å². The molecule has 1 saturated heterocycles. The minimum absolute atomic E-state index is 0. The zero-order chi connectivity index (χ0) is 13.7. The predicted octanol–water partition coefficient (Wildman–Crippen LogP) is 5.33. The van der Waals surface area contributed by atoms with E-state index < -0.39 is 0 Å². The van der Waals surface area contributed by atoms with Crippen molar-refractivity contribution < 1.29 is 25.8 Å². The smallest absolute Gasteiger partial charge is 0.374 e. The van der Waals surface area contributed by atoms with E-state index in [1.54, 1.807) is 0 Å². The average molecular weight is 450 g/mol. The molecule has 1 nitrogen and oxygen atoms in total. The second kappa shape index (κ2) is 11.0. The van der Waals surface area contributed by atoms with Crippen molar-refractivity contribution in [1.82, 2.24) is 0 Å². The zero-order valence-corrected chi connectivity index (χ0v) is 17.4. The van der Waals surface area contributed by atoms with Crippen LogP contribution in [0.1, 0.15) is 54.4 Å². The van der Waals surface area contributed by atoms with Crippen LogP contribution in [0.2, 0.25) is 0 Å². The number of allylic oxidation sites excluding steroid dienone is 1. The molecule has 0 spiro atoms. The maximum Gasteiger partial charge on any atom is 2.00 e. The first-order valence-electron chi connectivity index (χ1n) is 7.62. The van der Waals surface area contributed by atoms with E-state index >= 15 is 0 Å². The average Bonchev–Trinajstić information content (AvgIpc) is 2.38. The summed E-state index contributed by atoms with van der Waals surface area (Å²) in [5, 5.41) is 0. The van der Waals surface area contributed by atoms with E-state index in [9.17, 15) is 0 Å². The van der Waals surface area contributed by atoms with Gasteiger partial charge in [-0.15, -0.1) is 6.08 Å².